The minimum atomic E-state index is 0.254. The molecule has 1 aromatic carbocycles. The van der Waals surface area contributed by atoms with Crippen LogP contribution in [0, 0.1) is 12.3 Å². The van der Waals surface area contributed by atoms with Gasteiger partial charge in [0.1, 0.15) is 5.69 Å². The molecule has 134 valence electrons. The number of benzene rings is 1. The number of anilines is 1. The van der Waals surface area contributed by atoms with Gasteiger partial charge in [0.15, 0.2) is 11.5 Å². The number of rotatable bonds is 4. The molecule has 0 atom stereocenters. The second-order valence-corrected chi connectivity index (χ2v) is 6.21. The van der Waals surface area contributed by atoms with Gasteiger partial charge in [0.25, 0.3) is 0 Å². The molecule has 4 aromatic rings. The van der Waals surface area contributed by atoms with E-state index in [0.29, 0.717) is 17.2 Å². The molecule has 0 aliphatic rings. The molecule has 0 amide bonds. The van der Waals surface area contributed by atoms with Crippen molar-refractivity contribution < 1.29 is 0 Å². The van der Waals surface area contributed by atoms with E-state index in [1.54, 1.807) is 31.7 Å². The molecule has 7 heteroatoms. The number of aryl methyl sites for hydroxylation is 1. The van der Waals surface area contributed by atoms with Gasteiger partial charge < -0.3 is 11.1 Å². The number of hydrogen-bond donors (Lipinski definition) is 3. The van der Waals surface area contributed by atoms with Crippen LogP contribution in [-0.4, -0.2) is 32.1 Å². The van der Waals surface area contributed by atoms with Crippen LogP contribution in [0.4, 0.5) is 5.82 Å². The topological polar surface area (TPSA) is 105 Å². The average molecular weight is 357 g/mol. The molecular formula is C20H19N7. The molecule has 0 unspecified atom stereocenters. The maximum Gasteiger partial charge on any atom is 0.180 e. The number of hydrogen-bond acceptors (Lipinski definition) is 6. The minimum absolute atomic E-state index is 0.254. The van der Waals surface area contributed by atoms with E-state index in [0.717, 1.165) is 27.7 Å². The van der Waals surface area contributed by atoms with Crippen molar-refractivity contribution in [2.24, 2.45) is 0 Å². The number of nitrogens with one attached hydrogen (secondary N) is 2. The number of nitrogens with zero attached hydrogens (tertiary/aromatic N) is 4. The summed E-state index contributed by atoms with van der Waals surface area (Å²) in [5.74, 6) is 0.292. The van der Waals surface area contributed by atoms with Crippen LogP contribution in [-0.2, 0) is 0 Å². The Morgan fingerprint density at radius 2 is 2.07 bits per heavy atom. The van der Waals surface area contributed by atoms with E-state index in [9.17, 15) is 0 Å². The summed E-state index contributed by atoms with van der Waals surface area (Å²) in [6, 6.07) is 8.02. The normalized spacial score (nSPS) is 11.5. The fourth-order valence-corrected chi connectivity index (χ4v) is 3.15. The van der Waals surface area contributed by atoms with E-state index >= 15 is 0 Å². The summed E-state index contributed by atoms with van der Waals surface area (Å²) >= 11 is 0. The quantitative estimate of drug-likeness (QED) is 0.487. The zero-order chi connectivity index (χ0) is 19.0. The molecular weight excluding hydrogens is 338 g/mol. The van der Waals surface area contributed by atoms with E-state index in [-0.39, 0.29) is 5.71 Å². The highest BCUT2D eigenvalue weighted by Crippen LogP contribution is 2.30. The van der Waals surface area contributed by atoms with Crippen molar-refractivity contribution in [3.05, 3.63) is 66.4 Å². The SMILES string of the molecule is CN/C=C\C(=N)c1nc(N)c2nccn2c1-c1ccc2nccc(C)c2c1. The molecule has 3 aromatic heterocycles. The number of fused-ring (bicyclic) bond motifs is 2. The van der Waals surface area contributed by atoms with Crippen LogP contribution >= 0.6 is 0 Å². The molecule has 0 radical (unpaired) electrons. The van der Waals surface area contributed by atoms with Crippen molar-refractivity contribution >= 4 is 28.1 Å². The maximum atomic E-state index is 8.46. The van der Waals surface area contributed by atoms with Gasteiger partial charge in [-0.25, -0.2) is 9.97 Å². The zero-order valence-corrected chi connectivity index (χ0v) is 15.1. The standard InChI is InChI=1S/C20H19N7/c1-12-5-8-24-16-4-3-13(11-14(12)16)18-17(15(21)6-7-23-2)26-19(22)20-25-9-10-27(18)20/h3-11,21,23H,1-2H3,(H2,22,26)/b7-6-,21-15?. The molecule has 4 N–H and O–H groups in total. The van der Waals surface area contributed by atoms with E-state index < -0.39 is 0 Å². The van der Waals surface area contributed by atoms with Gasteiger partial charge in [-0.3, -0.25) is 14.8 Å². The summed E-state index contributed by atoms with van der Waals surface area (Å²) in [5.41, 5.74) is 11.2. The number of nitrogen functional groups attached to an aromatic ring is 1. The van der Waals surface area contributed by atoms with Crippen LogP contribution in [0.25, 0.3) is 27.8 Å². The fourth-order valence-electron chi connectivity index (χ4n) is 3.15. The Kier molecular flexibility index (Phi) is 4.04. The molecule has 0 saturated heterocycles. The lowest BCUT2D eigenvalue weighted by molar-refractivity contribution is 1.10. The lowest BCUT2D eigenvalue weighted by atomic mass is 10.0. The van der Waals surface area contributed by atoms with Crippen LogP contribution in [0.2, 0.25) is 0 Å². The summed E-state index contributed by atoms with van der Waals surface area (Å²) in [7, 11) is 1.78. The summed E-state index contributed by atoms with van der Waals surface area (Å²) in [5, 5.41) is 12.4. The third-order valence-electron chi connectivity index (χ3n) is 4.47. The number of aromatic nitrogens is 4. The molecule has 7 nitrogen and oxygen atoms in total. The number of allylic oxidation sites excluding steroid dienone is 1. The first-order valence-electron chi connectivity index (χ1n) is 8.51. The number of imidazole rings is 1. The maximum absolute atomic E-state index is 8.46. The van der Waals surface area contributed by atoms with Gasteiger partial charge in [0, 0.05) is 36.6 Å². The van der Waals surface area contributed by atoms with Crippen LogP contribution < -0.4 is 11.1 Å². The molecule has 3 heterocycles. The Morgan fingerprint density at radius 1 is 1.22 bits per heavy atom. The van der Waals surface area contributed by atoms with Gasteiger partial charge in [0.05, 0.1) is 16.9 Å². The van der Waals surface area contributed by atoms with Crippen LogP contribution in [0.3, 0.4) is 0 Å². The van der Waals surface area contributed by atoms with Crippen LogP contribution in [0.15, 0.2) is 55.1 Å². The zero-order valence-electron chi connectivity index (χ0n) is 15.1. The van der Waals surface area contributed by atoms with Gasteiger partial charge in [-0.2, -0.15) is 0 Å². The molecule has 0 saturated carbocycles. The molecule has 0 bridgehead atoms. The average Bonchev–Trinajstić information content (AvgIpc) is 3.16. The molecule has 0 fully saturated rings. The van der Waals surface area contributed by atoms with Crippen LogP contribution in [0.5, 0.6) is 0 Å². The molecule has 27 heavy (non-hydrogen) atoms. The van der Waals surface area contributed by atoms with Gasteiger partial charge >= 0.3 is 0 Å². The van der Waals surface area contributed by atoms with Crippen molar-refractivity contribution in [3.63, 3.8) is 0 Å². The smallest absolute Gasteiger partial charge is 0.180 e. The fraction of sp³-hybridized carbons (Fsp3) is 0.100. The minimum Gasteiger partial charge on any atom is -0.394 e. The van der Waals surface area contributed by atoms with Gasteiger partial charge in [0.2, 0.25) is 0 Å². The van der Waals surface area contributed by atoms with Crippen molar-refractivity contribution in [3.8, 4) is 11.3 Å². The highest BCUT2D eigenvalue weighted by molar-refractivity contribution is 6.09. The van der Waals surface area contributed by atoms with Gasteiger partial charge in [-0.1, -0.05) is 6.07 Å². The summed E-state index contributed by atoms with van der Waals surface area (Å²) in [6.45, 7) is 2.06. The van der Waals surface area contributed by atoms with Crippen molar-refractivity contribution in [2.45, 2.75) is 6.92 Å². The van der Waals surface area contributed by atoms with E-state index in [1.165, 1.54) is 0 Å². The summed E-state index contributed by atoms with van der Waals surface area (Å²) in [4.78, 5) is 13.2. The first-order valence-corrected chi connectivity index (χ1v) is 8.51. The Morgan fingerprint density at radius 3 is 2.89 bits per heavy atom. The van der Waals surface area contributed by atoms with Gasteiger partial charge in [-0.15, -0.1) is 0 Å². The Hall–Kier alpha value is -3.74. The third-order valence-corrected chi connectivity index (χ3v) is 4.47. The molecule has 0 aliphatic carbocycles. The number of pyridine rings is 1. The lowest BCUT2D eigenvalue weighted by Crippen LogP contribution is -2.11. The van der Waals surface area contributed by atoms with Crippen molar-refractivity contribution in [1.82, 2.24) is 24.7 Å². The lowest BCUT2D eigenvalue weighted by Gasteiger charge is -2.14. The second-order valence-electron chi connectivity index (χ2n) is 6.21. The number of nitrogens with two attached hydrogens (primary N) is 1. The first kappa shape index (κ1) is 16.7. The van der Waals surface area contributed by atoms with E-state index in [4.69, 9.17) is 11.1 Å². The monoisotopic (exact) mass is 357 g/mol. The second kappa shape index (κ2) is 6.53. The largest absolute Gasteiger partial charge is 0.394 e. The highest BCUT2D eigenvalue weighted by Gasteiger charge is 2.18. The van der Waals surface area contributed by atoms with E-state index in [1.807, 2.05) is 28.8 Å². The Bertz CT molecular complexity index is 1200. The summed E-state index contributed by atoms with van der Waals surface area (Å²) < 4.78 is 1.88. The van der Waals surface area contributed by atoms with E-state index in [2.05, 4.69) is 33.3 Å². The molecule has 4 rings (SSSR count). The van der Waals surface area contributed by atoms with Gasteiger partial charge in [-0.05, 0) is 43.0 Å². The molecule has 0 spiro atoms. The highest BCUT2D eigenvalue weighted by atomic mass is 15.1. The summed E-state index contributed by atoms with van der Waals surface area (Å²) in [6.07, 6.45) is 8.67. The Labute approximate surface area is 156 Å². The van der Waals surface area contributed by atoms with Crippen LogP contribution in [0.1, 0.15) is 11.3 Å². The predicted octanol–water partition coefficient (Wildman–Crippen LogP) is 2.94. The molecule has 0 aliphatic heterocycles. The first-order chi connectivity index (χ1) is 13.1. The van der Waals surface area contributed by atoms with Crippen molar-refractivity contribution in [1.29, 1.82) is 5.41 Å². The third kappa shape index (κ3) is 2.79. The van der Waals surface area contributed by atoms with Crippen molar-refractivity contribution in [2.75, 3.05) is 12.8 Å². The predicted molar refractivity (Wildman–Crippen MR) is 108 cm³/mol. The Balaban J connectivity index is 2.04.